The highest BCUT2D eigenvalue weighted by molar-refractivity contribution is 6.33. The fraction of sp³-hybridized carbons (Fsp3) is 0.462. The highest BCUT2D eigenvalue weighted by atomic mass is 35.5. The van der Waals surface area contributed by atoms with Gasteiger partial charge in [-0.25, -0.2) is 0 Å². The summed E-state index contributed by atoms with van der Waals surface area (Å²) >= 11 is 6.06. The number of aryl methyl sites for hydroxylation is 1. The lowest BCUT2D eigenvalue weighted by molar-refractivity contribution is -0.124. The van der Waals surface area contributed by atoms with Crippen LogP contribution >= 0.6 is 11.6 Å². The normalized spacial score (nSPS) is 14.2. The molecule has 1 rings (SSSR count). The van der Waals surface area contributed by atoms with Crippen molar-refractivity contribution in [1.82, 2.24) is 0 Å². The molecular weight excluding hydrogens is 236 g/mol. The van der Waals surface area contributed by atoms with Crippen molar-refractivity contribution in [2.75, 3.05) is 11.9 Å². The van der Waals surface area contributed by atoms with Crippen LogP contribution < -0.4 is 11.1 Å². The Morgan fingerprint density at radius 1 is 1.53 bits per heavy atom. The largest absolute Gasteiger partial charge is 0.329 e. The maximum Gasteiger partial charge on any atom is 0.231 e. The van der Waals surface area contributed by atoms with Crippen molar-refractivity contribution in [3.05, 3.63) is 28.8 Å². The average molecular weight is 255 g/mol. The third kappa shape index (κ3) is 3.20. The molecule has 0 heterocycles. The number of amides is 1. The Balaban J connectivity index is 2.88. The fourth-order valence-electron chi connectivity index (χ4n) is 1.39. The zero-order chi connectivity index (χ0) is 13.1. The lowest BCUT2D eigenvalue weighted by Gasteiger charge is -2.25. The number of anilines is 1. The number of hydrogen-bond acceptors (Lipinski definition) is 2. The van der Waals surface area contributed by atoms with Gasteiger partial charge in [0.1, 0.15) is 0 Å². The van der Waals surface area contributed by atoms with Crippen LogP contribution in [0.3, 0.4) is 0 Å². The van der Waals surface area contributed by atoms with E-state index in [2.05, 4.69) is 5.32 Å². The summed E-state index contributed by atoms with van der Waals surface area (Å²) in [6.07, 6.45) is 0.693. The number of nitrogens with two attached hydrogens (primary N) is 1. The van der Waals surface area contributed by atoms with Crippen molar-refractivity contribution in [2.24, 2.45) is 11.1 Å². The molecule has 0 bridgehead atoms. The highest BCUT2D eigenvalue weighted by Gasteiger charge is 2.29. The quantitative estimate of drug-likeness (QED) is 0.868. The summed E-state index contributed by atoms with van der Waals surface area (Å²) in [5.41, 5.74) is 6.79. The van der Waals surface area contributed by atoms with Crippen LogP contribution in [0.15, 0.2) is 18.2 Å². The van der Waals surface area contributed by atoms with E-state index < -0.39 is 5.41 Å². The Morgan fingerprint density at radius 2 is 2.18 bits per heavy atom. The Kier molecular flexibility index (Phi) is 4.54. The summed E-state index contributed by atoms with van der Waals surface area (Å²) in [4.78, 5) is 12.1. The number of nitrogens with one attached hydrogen (secondary N) is 1. The van der Waals surface area contributed by atoms with Crippen molar-refractivity contribution < 1.29 is 4.79 Å². The monoisotopic (exact) mass is 254 g/mol. The van der Waals surface area contributed by atoms with Gasteiger partial charge in [0.15, 0.2) is 0 Å². The van der Waals surface area contributed by atoms with Crippen LogP contribution in [0.5, 0.6) is 0 Å². The molecule has 94 valence electrons. The van der Waals surface area contributed by atoms with E-state index in [-0.39, 0.29) is 5.91 Å². The minimum Gasteiger partial charge on any atom is -0.329 e. The van der Waals surface area contributed by atoms with E-state index in [0.29, 0.717) is 23.7 Å². The molecule has 3 nitrogen and oxygen atoms in total. The van der Waals surface area contributed by atoms with Crippen LogP contribution in [-0.2, 0) is 4.79 Å². The van der Waals surface area contributed by atoms with Gasteiger partial charge in [-0.2, -0.15) is 0 Å². The second kappa shape index (κ2) is 5.52. The molecule has 3 N–H and O–H groups in total. The van der Waals surface area contributed by atoms with Gasteiger partial charge in [0, 0.05) is 6.54 Å². The van der Waals surface area contributed by atoms with E-state index in [9.17, 15) is 4.79 Å². The van der Waals surface area contributed by atoms with E-state index in [4.69, 9.17) is 17.3 Å². The third-order valence-electron chi connectivity index (χ3n) is 3.15. The van der Waals surface area contributed by atoms with E-state index in [1.807, 2.05) is 39.0 Å². The summed E-state index contributed by atoms with van der Waals surface area (Å²) in [6.45, 7) is 6.07. The maximum atomic E-state index is 12.1. The molecule has 0 saturated heterocycles. The van der Waals surface area contributed by atoms with Crippen LogP contribution in [-0.4, -0.2) is 12.5 Å². The first-order valence-electron chi connectivity index (χ1n) is 5.70. The molecule has 1 aromatic rings. The number of halogens is 1. The standard InChI is InChI=1S/C13H19ClN2O/c1-4-13(3,8-15)12(17)16-11-6-5-9(2)7-10(11)14/h5-7H,4,8,15H2,1-3H3,(H,16,17). The zero-order valence-electron chi connectivity index (χ0n) is 10.5. The molecule has 17 heavy (non-hydrogen) atoms. The highest BCUT2D eigenvalue weighted by Crippen LogP contribution is 2.26. The molecule has 4 heteroatoms. The van der Waals surface area contributed by atoms with E-state index in [1.165, 1.54) is 0 Å². The number of hydrogen-bond donors (Lipinski definition) is 2. The topological polar surface area (TPSA) is 55.1 Å². The van der Waals surface area contributed by atoms with E-state index in [0.717, 1.165) is 5.56 Å². The number of benzene rings is 1. The molecule has 0 spiro atoms. The van der Waals surface area contributed by atoms with Gasteiger partial charge in [0.05, 0.1) is 16.1 Å². The fourth-order valence-corrected chi connectivity index (χ4v) is 1.67. The van der Waals surface area contributed by atoms with Crippen molar-refractivity contribution in [2.45, 2.75) is 27.2 Å². The lowest BCUT2D eigenvalue weighted by atomic mass is 9.86. The van der Waals surface area contributed by atoms with E-state index >= 15 is 0 Å². The molecule has 0 aliphatic heterocycles. The lowest BCUT2D eigenvalue weighted by Crippen LogP contribution is -2.39. The van der Waals surface area contributed by atoms with Gasteiger partial charge in [-0.05, 0) is 38.0 Å². The summed E-state index contributed by atoms with van der Waals surface area (Å²) in [5.74, 6) is -0.0896. The molecule has 0 aliphatic rings. The van der Waals surface area contributed by atoms with Crippen molar-refractivity contribution >= 4 is 23.2 Å². The van der Waals surface area contributed by atoms with Crippen LogP contribution in [0.4, 0.5) is 5.69 Å². The van der Waals surface area contributed by atoms with Crippen molar-refractivity contribution in [1.29, 1.82) is 0 Å². The molecule has 0 fully saturated rings. The van der Waals surface area contributed by atoms with E-state index in [1.54, 1.807) is 0 Å². The zero-order valence-corrected chi connectivity index (χ0v) is 11.3. The first-order valence-corrected chi connectivity index (χ1v) is 6.08. The van der Waals surface area contributed by atoms with Crippen LogP contribution in [0, 0.1) is 12.3 Å². The Hall–Kier alpha value is -1.06. The number of carbonyl (C=O) groups is 1. The molecule has 0 radical (unpaired) electrons. The van der Waals surface area contributed by atoms with Crippen LogP contribution in [0.25, 0.3) is 0 Å². The molecule has 1 aromatic carbocycles. The summed E-state index contributed by atoms with van der Waals surface area (Å²) in [6, 6.07) is 5.54. The second-order valence-corrected chi connectivity index (χ2v) is 4.96. The van der Waals surface area contributed by atoms with Gasteiger partial charge in [0.2, 0.25) is 5.91 Å². The molecule has 1 atom stereocenters. The summed E-state index contributed by atoms with van der Waals surface area (Å²) in [5, 5.41) is 3.38. The minimum absolute atomic E-state index is 0.0896. The minimum atomic E-state index is -0.547. The smallest absolute Gasteiger partial charge is 0.231 e. The summed E-state index contributed by atoms with van der Waals surface area (Å²) < 4.78 is 0. The average Bonchev–Trinajstić information content (AvgIpc) is 2.31. The Morgan fingerprint density at radius 3 is 2.65 bits per heavy atom. The third-order valence-corrected chi connectivity index (χ3v) is 3.46. The van der Waals surface area contributed by atoms with Crippen LogP contribution in [0.1, 0.15) is 25.8 Å². The molecule has 1 unspecified atom stereocenters. The molecular formula is C13H19ClN2O. The van der Waals surface area contributed by atoms with Gasteiger partial charge in [-0.1, -0.05) is 24.6 Å². The Labute approximate surface area is 107 Å². The predicted molar refractivity (Wildman–Crippen MR) is 72.3 cm³/mol. The van der Waals surface area contributed by atoms with Gasteiger partial charge >= 0.3 is 0 Å². The van der Waals surface area contributed by atoms with Gasteiger partial charge in [0.25, 0.3) is 0 Å². The van der Waals surface area contributed by atoms with Crippen molar-refractivity contribution in [3.8, 4) is 0 Å². The SMILES string of the molecule is CCC(C)(CN)C(=O)Nc1ccc(C)cc1Cl. The molecule has 0 aliphatic carbocycles. The van der Waals surface area contributed by atoms with Crippen LogP contribution in [0.2, 0.25) is 5.02 Å². The van der Waals surface area contributed by atoms with Gasteiger partial charge in [-0.3, -0.25) is 4.79 Å². The van der Waals surface area contributed by atoms with Gasteiger partial charge < -0.3 is 11.1 Å². The van der Waals surface area contributed by atoms with Crippen molar-refractivity contribution in [3.63, 3.8) is 0 Å². The molecule has 0 saturated carbocycles. The number of carbonyl (C=O) groups excluding carboxylic acids is 1. The Bertz CT molecular complexity index is 414. The predicted octanol–water partition coefficient (Wildman–Crippen LogP) is 2.96. The molecule has 0 aromatic heterocycles. The number of rotatable bonds is 4. The first-order chi connectivity index (χ1) is 7.92. The summed E-state index contributed by atoms with van der Waals surface area (Å²) in [7, 11) is 0. The second-order valence-electron chi connectivity index (χ2n) is 4.56. The maximum absolute atomic E-state index is 12.1. The molecule has 1 amide bonds. The van der Waals surface area contributed by atoms with Gasteiger partial charge in [-0.15, -0.1) is 0 Å². The first kappa shape index (κ1) is 14.0.